The van der Waals surface area contributed by atoms with Gasteiger partial charge in [0, 0.05) is 24.2 Å². The zero-order valence-corrected chi connectivity index (χ0v) is 15.1. The van der Waals surface area contributed by atoms with Gasteiger partial charge in [0.15, 0.2) is 0 Å². The maximum atomic E-state index is 12.0. The summed E-state index contributed by atoms with van der Waals surface area (Å²) in [5, 5.41) is 5.84. The van der Waals surface area contributed by atoms with Crippen molar-refractivity contribution in [2.75, 3.05) is 46.6 Å². The minimum atomic E-state index is -0.252. The Morgan fingerprint density at radius 2 is 1.62 bits per heavy atom. The molecule has 0 aliphatic carbocycles. The molecule has 0 aliphatic heterocycles. The number of ether oxygens (including phenoxy) is 2. The van der Waals surface area contributed by atoms with Gasteiger partial charge in [-0.2, -0.15) is 0 Å². The highest BCUT2D eigenvalue weighted by Crippen LogP contribution is 2.11. The molecule has 0 aromatic heterocycles. The summed E-state index contributed by atoms with van der Waals surface area (Å²) in [6, 6.07) is 7.55. The lowest BCUT2D eigenvalue weighted by atomic mass is 9.95. The van der Waals surface area contributed by atoms with Gasteiger partial charge in [-0.1, -0.05) is 12.1 Å². The first-order chi connectivity index (χ1) is 11.4. The number of hydrogen-bond donors (Lipinski definition) is 3. The van der Waals surface area contributed by atoms with Crippen LogP contribution >= 0.6 is 0 Å². The molecule has 0 saturated heterocycles. The van der Waals surface area contributed by atoms with Gasteiger partial charge in [0.2, 0.25) is 0 Å². The van der Waals surface area contributed by atoms with Crippen LogP contribution in [-0.2, 0) is 15.9 Å². The molecule has 1 rings (SSSR count). The van der Waals surface area contributed by atoms with Gasteiger partial charge in [0.25, 0.3) is 5.91 Å². The number of nitrogens with one attached hydrogen (secondary N) is 2. The van der Waals surface area contributed by atoms with E-state index < -0.39 is 0 Å². The van der Waals surface area contributed by atoms with Crippen LogP contribution in [0.4, 0.5) is 0 Å². The monoisotopic (exact) mass is 337 g/mol. The second kappa shape index (κ2) is 11.1. The van der Waals surface area contributed by atoms with E-state index in [2.05, 4.69) is 10.6 Å². The van der Waals surface area contributed by atoms with Crippen molar-refractivity contribution in [3.8, 4) is 0 Å². The van der Waals surface area contributed by atoms with Crippen LogP contribution < -0.4 is 16.4 Å². The smallest absolute Gasteiger partial charge is 0.251 e. The lowest BCUT2D eigenvalue weighted by molar-refractivity contribution is 0.0497. The van der Waals surface area contributed by atoms with Crippen molar-refractivity contribution in [1.82, 2.24) is 10.6 Å². The Morgan fingerprint density at radius 1 is 1.04 bits per heavy atom. The van der Waals surface area contributed by atoms with Crippen LogP contribution in [0.25, 0.3) is 0 Å². The number of benzene rings is 1. The second-order valence-electron chi connectivity index (χ2n) is 6.45. The summed E-state index contributed by atoms with van der Waals surface area (Å²) in [6.07, 6.45) is 0.777. The minimum Gasteiger partial charge on any atom is -0.378 e. The highest BCUT2D eigenvalue weighted by atomic mass is 16.5. The minimum absolute atomic E-state index is 0.0950. The molecule has 1 amide bonds. The first kappa shape index (κ1) is 20.6. The van der Waals surface area contributed by atoms with Crippen LogP contribution in [0.1, 0.15) is 29.8 Å². The number of nitrogens with two attached hydrogens (primary N) is 1. The van der Waals surface area contributed by atoms with Crippen molar-refractivity contribution in [1.29, 1.82) is 0 Å². The van der Waals surface area contributed by atoms with E-state index in [4.69, 9.17) is 15.2 Å². The van der Waals surface area contributed by atoms with Gasteiger partial charge in [-0.3, -0.25) is 4.79 Å². The molecule has 0 fully saturated rings. The average molecular weight is 337 g/mol. The maximum Gasteiger partial charge on any atom is 0.251 e. The molecule has 0 heterocycles. The van der Waals surface area contributed by atoms with E-state index in [1.807, 2.05) is 45.2 Å². The lowest BCUT2D eigenvalue weighted by Gasteiger charge is -2.18. The second-order valence-corrected chi connectivity index (χ2v) is 6.45. The molecule has 0 bridgehead atoms. The Labute approximate surface area is 145 Å². The molecular weight excluding hydrogens is 306 g/mol. The fraction of sp³-hybridized carbons (Fsp3) is 0.611. The highest BCUT2D eigenvalue weighted by molar-refractivity contribution is 5.94. The number of likely N-dealkylation sites (N-methyl/N-ethyl adjacent to an activating group) is 1. The summed E-state index contributed by atoms with van der Waals surface area (Å²) in [6.45, 7) is 7.52. The first-order valence-electron chi connectivity index (χ1n) is 8.38. The van der Waals surface area contributed by atoms with Crippen LogP contribution in [0, 0.1) is 0 Å². The molecule has 0 saturated carbocycles. The van der Waals surface area contributed by atoms with Gasteiger partial charge in [-0.15, -0.1) is 0 Å². The summed E-state index contributed by atoms with van der Waals surface area (Å²) in [5.74, 6) is -0.0950. The van der Waals surface area contributed by atoms with Crippen molar-refractivity contribution >= 4 is 5.91 Å². The van der Waals surface area contributed by atoms with Gasteiger partial charge >= 0.3 is 0 Å². The topological polar surface area (TPSA) is 85.6 Å². The number of amides is 1. The molecule has 0 spiro atoms. The average Bonchev–Trinajstić information content (AvgIpc) is 2.52. The van der Waals surface area contributed by atoms with E-state index in [-0.39, 0.29) is 11.4 Å². The number of carbonyl (C=O) groups is 1. The number of carbonyl (C=O) groups excluding carboxylic acids is 1. The third-order valence-corrected chi connectivity index (χ3v) is 3.28. The Hall–Kier alpha value is -1.47. The van der Waals surface area contributed by atoms with Gasteiger partial charge in [0.05, 0.1) is 26.4 Å². The predicted octanol–water partition coefficient (Wildman–Crippen LogP) is 0.949. The third kappa shape index (κ3) is 9.62. The first-order valence-corrected chi connectivity index (χ1v) is 8.38. The molecule has 4 N–H and O–H groups in total. The molecule has 0 unspecified atom stereocenters. The van der Waals surface area contributed by atoms with E-state index in [0.717, 1.165) is 18.5 Å². The van der Waals surface area contributed by atoms with Crippen molar-refractivity contribution in [2.24, 2.45) is 5.73 Å². The highest BCUT2D eigenvalue weighted by Gasteiger charge is 2.12. The summed E-state index contributed by atoms with van der Waals surface area (Å²) < 4.78 is 10.7. The van der Waals surface area contributed by atoms with E-state index >= 15 is 0 Å². The SMILES string of the molecule is CNCCOCCOCCNC(=O)c1ccc(CC(C)(C)N)cc1. The quantitative estimate of drug-likeness (QED) is 0.495. The Bertz CT molecular complexity index is 469. The molecule has 24 heavy (non-hydrogen) atoms. The number of hydrogen-bond acceptors (Lipinski definition) is 5. The Balaban J connectivity index is 2.17. The van der Waals surface area contributed by atoms with E-state index in [0.29, 0.717) is 38.5 Å². The van der Waals surface area contributed by atoms with Gasteiger partial charge in [0.1, 0.15) is 0 Å². The van der Waals surface area contributed by atoms with Crippen molar-refractivity contribution < 1.29 is 14.3 Å². The van der Waals surface area contributed by atoms with Crippen LogP contribution in [0.2, 0.25) is 0 Å². The van der Waals surface area contributed by atoms with E-state index in [9.17, 15) is 4.79 Å². The molecular formula is C18H31N3O3. The third-order valence-electron chi connectivity index (χ3n) is 3.28. The molecule has 0 radical (unpaired) electrons. The van der Waals surface area contributed by atoms with Gasteiger partial charge < -0.3 is 25.8 Å². The van der Waals surface area contributed by atoms with Crippen LogP contribution in [0.15, 0.2) is 24.3 Å². The molecule has 0 atom stereocenters. The molecule has 0 aliphatic rings. The van der Waals surface area contributed by atoms with Crippen molar-refractivity contribution in [3.63, 3.8) is 0 Å². The fourth-order valence-corrected chi connectivity index (χ4v) is 2.14. The van der Waals surface area contributed by atoms with Crippen LogP contribution in [-0.4, -0.2) is 58.0 Å². The summed E-state index contributed by atoms with van der Waals surface area (Å²) in [4.78, 5) is 12.0. The number of rotatable bonds is 12. The molecule has 1 aromatic rings. The summed E-state index contributed by atoms with van der Waals surface area (Å²) in [5.41, 5.74) is 7.52. The molecule has 136 valence electrons. The normalized spacial score (nSPS) is 11.5. The zero-order chi connectivity index (χ0) is 17.8. The van der Waals surface area contributed by atoms with E-state index in [1.165, 1.54) is 0 Å². The maximum absolute atomic E-state index is 12.0. The zero-order valence-electron chi connectivity index (χ0n) is 15.1. The van der Waals surface area contributed by atoms with E-state index in [1.54, 1.807) is 0 Å². The van der Waals surface area contributed by atoms with Crippen LogP contribution in [0.3, 0.4) is 0 Å². The fourth-order valence-electron chi connectivity index (χ4n) is 2.14. The Morgan fingerprint density at radius 3 is 2.17 bits per heavy atom. The largest absolute Gasteiger partial charge is 0.378 e. The van der Waals surface area contributed by atoms with Gasteiger partial charge in [-0.25, -0.2) is 0 Å². The summed E-state index contributed by atoms with van der Waals surface area (Å²) >= 11 is 0. The van der Waals surface area contributed by atoms with Crippen molar-refractivity contribution in [3.05, 3.63) is 35.4 Å². The lowest BCUT2D eigenvalue weighted by Crippen LogP contribution is -2.34. The summed E-state index contributed by atoms with van der Waals surface area (Å²) in [7, 11) is 1.88. The molecule has 1 aromatic carbocycles. The van der Waals surface area contributed by atoms with Crippen LogP contribution in [0.5, 0.6) is 0 Å². The van der Waals surface area contributed by atoms with Crippen molar-refractivity contribution in [2.45, 2.75) is 25.8 Å². The molecule has 6 heteroatoms. The standard InChI is InChI=1S/C18H31N3O3/c1-18(2,19)14-15-4-6-16(7-5-15)17(22)21-9-11-24-13-12-23-10-8-20-3/h4-7,20H,8-14,19H2,1-3H3,(H,21,22). The van der Waals surface area contributed by atoms with Gasteiger partial charge in [-0.05, 0) is 45.0 Å². The molecule has 6 nitrogen and oxygen atoms in total. The predicted molar refractivity (Wildman–Crippen MR) is 96.3 cm³/mol. The Kier molecular flexibility index (Phi) is 9.56.